The second kappa shape index (κ2) is 11.2. The Morgan fingerprint density at radius 1 is 1.23 bits per heavy atom. The maximum Gasteiger partial charge on any atom is 0.227 e. The molecule has 1 amide bonds. The fraction of sp³-hybridized carbons (Fsp3) is 0.455. The molecule has 3 rings (SSSR count). The van der Waals surface area contributed by atoms with E-state index in [0.717, 1.165) is 29.9 Å². The highest BCUT2D eigenvalue weighted by Crippen LogP contribution is 2.31. The van der Waals surface area contributed by atoms with Gasteiger partial charge in [0.2, 0.25) is 5.91 Å². The van der Waals surface area contributed by atoms with Crippen LogP contribution in [-0.4, -0.2) is 38.6 Å². The number of nitrogens with zero attached hydrogens (tertiary/aromatic N) is 1. The standard InChI is InChI=1S/C22H30N4O3.HI/c1-22(2,20(27)23-3)15-25-21(24-12-10-16-7-6-13-28-16)26-18-11-14-29-19-9-5-4-8-17(18)19;/h4-9,13,18H,10-12,14-15H2,1-3H3,(H,23,27)(H2,24,25,26);1H. The molecule has 1 atom stereocenters. The van der Waals surface area contributed by atoms with Gasteiger partial charge in [-0.2, -0.15) is 0 Å². The lowest BCUT2D eigenvalue weighted by Crippen LogP contribution is -2.43. The molecule has 8 heteroatoms. The van der Waals surface area contributed by atoms with E-state index < -0.39 is 5.41 Å². The van der Waals surface area contributed by atoms with Gasteiger partial charge in [0.15, 0.2) is 5.96 Å². The van der Waals surface area contributed by atoms with Crippen molar-refractivity contribution >= 4 is 35.8 Å². The number of hydrogen-bond donors (Lipinski definition) is 3. The van der Waals surface area contributed by atoms with Crippen molar-refractivity contribution in [2.24, 2.45) is 10.4 Å². The molecule has 0 aliphatic carbocycles. The first-order valence-electron chi connectivity index (χ1n) is 10.0. The largest absolute Gasteiger partial charge is 0.493 e. The van der Waals surface area contributed by atoms with Crippen molar-refractivity contribution in [3.05, 3.63) is 54.0 Å². The molecule has 164 valence electrons. The van der Waals surface area contributed by atoms with Crippen LogP contribution < -0.4 is 20.7 Å². The normalized spacial score (nSPS) is 16.0. The molecule has 1 aliphatic rings. The van der Waals surface area contributed by atoms with Crippen LogP contribution in [0, 0.1) is 5.41 Å². The summed E-state index contributed by atoms with van der Waals surface area (Å²) in [7, 11) is 1.65. The number of benzene rings is 1. The zero-order chi connectivity index (χ0) is 20.7. The Morgan fingerprint density at radius 3 is 2.77 bits per heavy atom. The van der Waals surface area contributed by atoms with Crippen LogP contribution in [-0.2, 0) is 11.2 Å². The maximum absolute atomic E-state index is 12.1. The van der Waals surface area contributed by atoms with Crippen LogP contribution in [0.25, 0.3) is 0 Å². The zero-order valence-electron chi connectivity index (χ0n) is 17.7. The first-order valence-corrected chi connectivity index (χ1v) is 10.0. The number of halogens is 1. The molecule has 1 aliphatic heterocycles. The molecule has 1 aromatic carbocycles. The van der Waals surface area contributed by atoms with Crippen LogP contribution in [0.1, 0.15) is 37.6 Å². The highest BCUT2D eigenvalue weighted by Gasteiger charge is 2.27. The summed E-state index contributed by atoms with van der Waals surface area (Å²) < 4.78 is 11.2. The van der Waals surface area contributed by atoms with E-state index in [1.54, 1.807) is 13.3 Å². The van der Waals surface area contributed by atoms with Crippen molar-refractivity contribution in [2.45, 2.75) is 32.7 Å². The second-order valence-electron chi connectivity index (χ2n) is 7.76. The van der Waals surface area contributed by atoms with Gasteiger partial charge in [-0.15, -0.1) is 24.0 Å². The first-order chi connectivity index (χ1) is 14.0. The average Bonchev–Trinajstić information content (AvgIpc) is 3.25. The van der Waals surface area contributed by atoms with E-state index in [1.807, 2.05) is 44.2 Å². The number of carbonyl (C=O) groups excluding carboxylic acids is 1. The van der Waals surface area contributed by atoms with Crippen LogP contribution in [0.4, 0.5) is 0 Å². The molecule has 0 saturated carbocycles. The van der Waals surface area contributed by atoms with E-state index in [0.29, 0.717) is 25.7 Å². The van der Waals surface area contributed by atoms with E-state index in [-0.39, 0.29) is 35.9 Å². The fourth-order valence-corrected chi connectivity index (χ4v) is 3.26. The molecule has 3 N–H and O–H groups in total. The van der Waals surface area contributed by atoms with Crippen LogP contribution in [0.3, 0.4) is 0 Å². The molecule has 1 aromatic heterocycles. The molecular weight excluding hydrogens is 495 g/mol. The van der Waals surface area contributed by atoms with Gasteiger partial charge in [0.25, 0.3) is 0 Å². The summed E-state index contributed by atoms with van der Waals surface area (Å²) in [5.74, 6) is 2.46. The molecule has 0 spiro atoms. The summed E-state index contributed by atoms with van der Waals surface area (Å²) in [6.07, 6.45) is 3.26. The van der Waals surface area contributed by atoms with Gasteiger partial charge in [0.05, 0.1) is 30.9 Å². The van der Waals surface area contributed by atoms with Crippen molar-refractivity contribution in [1.82, 2.24) is 16.0 Å². The predicted octanol–water partition coefficient (Wildman–Crippen LogP) is 3.27. The Labute approximate surface area is 195 Å². The lowest BCUT2D eigenvalue weighted by Gasteiger charge is -2.28. The third-order valence-electron chi connectivity index (χ3n) is 4.99. The highest BCUT2D eigenvalue weighted by atomic mass is 127. The number of para-hydroxylation sites is 1. The van der Waals surface area contributed by atoms with Crippen molar-refractivity contribution in [3.8, 4) is 5.75 Å². The summed E-state index contributed by atoms with van der Waals surface area (Å²) in [6.45, 7) is 5.47. The van der Waals surface area contributed by atoms with Crippen molar-refractivity contribution in [2.75, 3.05) is 26.7 Å². The van der Waals surface area contributed by atoms with E-state index in [9.17, 15) is 4.79 Å². The smallest absolute Gasteiger partial charge is 0.227 e. The minimum atomic E-state index is -0.599. The number of hydrogen-bond acceptors (Lipinski definition) is 4. The van der Waals surface area contributed by atoms with Gasteiger partial charge >= 0.3 is 0 Å². The Bertz CT molecular complexity index is 837. The number of fused-ring (bicyclic) bond motifs is 1. The van der Waals surface area contributed by atoms with Crippen LogP contribution in [0.15, 0.2) is 52.1 Å². The maximum atomic E-state index is 12.1. The number of nitrogens with one attached hydrogen (secondary N) is 3. The summed E-state index contributed by atoms with van der Waals surface area (Å²) >= 11 is 0. The quantitative estimate of drug-likeness (QED) is 0.293. The van der Waals surface area contributed by atoms with E-state index in [2.05, 4.69) is 22.0 Å². The molecular formula is C22H31IN4O3. The SMILES string of the molecule is CNC(=O)C(C)(C)CN=C(NCCc1ccco1)NC1CCOc2ccccc21.I. The monoisotopic (exact) mass is 526 g/mol. The third-order valence-corrected chi connectivity index (χ3v) is 4.99. The van der Waals surface area contributed by atoms with Gasteiger partial charge in [0, 0.05) is 32.0 Å². The molecule has 2 heterocycles. The Balaban J connectivity index is 0.00000320. The topological polar surface area (TPSA) is 87.9 Å². The van der Waals surface area contributed by atoms with Crippen molar-refractivity contribution in [3.63, 3.8) is 0 Å². The summed E-state index contributed by atoms with van der Waals surface area (Å²) in [5.41, 5.74) is 0.516. The van der Waals surface area contributed by atoms with Crippen molar-refractivity contribution < 1.29 is 13.9 Å². The number of aliphatic imine (C=N–C) groups is 1. The van der Waals surface area contributed by atoms with Gasteiger partial charge in [-0.1, -0.05) is 18.2 Å². The molecule has 7 nitrogen and oxygen atoms in total. The van der Waals surface area contributed by atoms with E-state index in [1.165, 1.54) is 0 Å². The lowest BCUT2D eigenvalue weighted by molar-refractivity contribution is -0.128. The van der Waals surface area contributed by atoms with Gasteiger partial charge in [-0.3, -0.25) is 9.79 Å². The Kier molecular flexibility index (Phi) is 9.01. The van der Waals surface area contributed by atoms with Gasteiger partial charge in [-0.25, -0.2) is 0 Å². The van der Waals surface area contributed by atoms with Crippen LogP contribution >= 0.6 is 24.0 Å². The van der Waals surface area contributed by atoms with Gasteiger partial charge in [0.1, 0.15) is 11.5 Å². The number of rotatable bonds is 7. The Hall–Kier alpha value is -2.23. The number of ether oxygens (including phenoxy) is 1. The van der Waals surface area contributed by atoms with Gasteiger partial charge in [-0.05, 0) is 32.0 Å². The average molecular weight is 526 g/mol. The minimum Gasteiger partial charge on any atom is -0.493 e. The molecule has 1 unspecified atom stereocenters. The van der Waals surface area contributed by atoms with Crippen molar-refractivity contribution in [1.29, 1.82) is 0 Å². The fourth-order valence-electron chi connectivity index (χ4n) is 3.26. The summed E-state index contributed by atoms with van der Waals surface area (Å²) in [5, 5.41) is 9.60. The number of guanidine groups is 1. The molecule has 0 fully saturated rings. The minimum absolute atomic E-state index is 0. The lowest BCUT2D eigenvalue weighted by atomic mass is 9.93. The number of amides is 1. The molecule has 0 radical (unpaired) electrons. The molecule has 0 bridgehead atoms. The molecule has 0 saturated heterocycles. The number of furan rings is 1. The predicted molar refractivity (Wildman–Crippen MR) is 128 cm³/mol. The first kappa shape index (κ1) is 24.0. The van der Waals surface area contributed by atoms with Gasteiger partial charge < -0.3 is 25.1 Å². The van der Waals surface area contributed by atoms with E-state index >= 15 is 0 Å². The summed E-state index contributed by atoms with van der Waals surface area (Å²) in [6, 6.07) is 12.0. The molecule has 30 heavy (non-hydrogen) atoms. The highest BCUT2D eigenvalue weighted by molar-refractivity contribution is 14.0. The number of carbonyl (C=O) groups is 1. The third kappa shape index (κ3) is 6.38. The van der Waals surface area contributed by atoms with E-state index in [4.69, 9.17) is 14.1 Å². The van der Waals surface area contributed by atoms with Crippen LogP contribution in [0.5, 0.6) is 5.75 Å². The second-order valence-corrected chi connectivity index (χ2v) is 7.76. The molecule has 2 aromatic rings. The zero-order valence-corrected chi connectivity index (χ0v) is 20.1. The van der Waals surface area contributed by atoms with Crippen LogP contribution in [0.2, 0.25) is 0 Å². The Morgan fingerprint density at radius 2 is 2.03 bits per heavy atom. The summed E-state index contributed by atoms with van der Waals surface area (Å²) in [4.78, 5) is 16.8.